The number of unbranched alkanes of at least 4 members (excludes halogenated alkanes) is 1. The Bertz CT molecular complexity index is 481. The Labute approximate surface area is 135 Å². The van der Waals surface area contributed by atoms with E-state index in [9.17, 15) is 9.18 Å². The second kappa shape index (κ2) is 8.96. The van der Waals surface area contributed by atoms with Crippen molar-refractivity contribution < 1.29 is 28.1 Å². The smallest absolute Gasteiger partial charge is 0.338 e. The number of esters is 1. The first-order valence-electron chi connectivity index (χ1n) is 7.83. The van der Waals surface area contributed by atoms with E-state index in [0.29, 0.717) is 12.2 Å². The van der Waals surface area contributed by atoms with Crippen molar-refractivity contribution in [3.63, 3.8) is 0 Å². The van der Waals surface area contributed by atoms with E-state index in [1.807, 2.05) is 13.0 Å². The van der Waals surface area contributed by atoms with Gasteiger partial charge in [0.2, 0.25) is 0 Å². The highest BCUT2D eigenvalue weighted by Gasteiger charge is 2.46. The van der Waals surface area contributed by atoms with Crippen LogP contribution in [0, 0.1) is 0 Å². The number of rotatable bonds is 8. The molecule has 128 valence electrons. The van der Waals surface area contributed by atoms with Crippen molar-refractivity contribution in [2.24, 2.45) is 0 Å². The Balaban J connectivity index is 1.91. The van der Waals surface area contributed by atoms with Gasteiger partial charge in [-0.2, -0.15) is 0 Å². The van der Waals surface area contributed by atoms with Crippen molar-refractivity contribution in [1.82, 2.24) is 0 Å². The van der Waals surface area contributed by atoms with E-state index in [-0.39, 0.29) is 6.61 Å². The van der Waals surface area contributed by atoms with Crippen molar-refractivity contribution in [3.8, 4) is 0 Å². The van der Waals surface area contributed by atoms with Gasteiger partial charge in [0.1, 0.15) is 18.8 Å². The van der Waals surface area contributed by atoms with Crippen LogP contribution in [0.5, 0.6) is 0 Å². The molecule has 1 aliphatic rings. The van der Waals surface area contributed by atoms with Crippen molar-refractivity contribution >= 4 is 5.97 Å². The molecule has 1 unspecified atom stereocenters. The molecule has 4 atom stereocenters. The second-order valence-corrected chi connectivity index (χ2v) is 5.38. The molecule has 0 radical (unpaired) electrons. The average Bonchev–Trinajstić information content (AvgIpc) is 2.89. The third kappa shape index (κ3) is 4.73. The van der Waals surface area contributed by atoms with Crippen LogP contribution in [0.25, 0.3) is 0 Å². The lowest BCUT2D eigenvalue weighted by Crippen LogP contribution is -2.36. The standard InChI is InChI=1S/C17H23FO5/c1-3-4-10-21-15-13(23-17(20-2)14(15)18)11-22-16(19)12-8-6-5-7-9-12/h5-9,13-15,17H,3-4,10-11H2,1-2H3/t13-,14-,15-,17?/m1/s1. The molecule has 0 spiro atoms. The highest BCUT2D eigenvalue weighted by molar-refractivity contribution is 5.89. The summed E-state index contributed by atoms with van der Waals surface area (Å²) in [7, 11) is 1.37. The van der Waals surface area contributed by atoms with Crippen molar-refractivity contribution in [2.45, 2.75) is 44.4 Å². The van der Waals surface area contributed by atoms with Gasteiger partial charge >= 0.3 is 5.97 Å². The SMILES string of the molecule is CCCCO[C@@H]1[C@@H](COC(=O)c2ccccc2)OC(OC)[C@@H]1F. The van der Waals surface area contributed by atoms with E-state index in [1.54, 1.807) is 24.3 Å². The van der Waals surface area contributed by atoms with E-state index in [2.05, 4.69) is 0 Å². The van der Waals surface area contributed by atoms with Gasteiger partial charge in [0, 0.05) is 13.7 Å². The number of hydrogen-bond donors (Lipinski definition) is 0. The maximum absolute atomic E-state index is 14.3. The van der Waals surface area contributed by atoms with E-state index in [1.165, 1.54) is 7.11 Å². The van der Waals surface area contributed by atoms with E-state index < -0.39 is 30.6 Å². The molecule has 0 aromatic heterocycles. The Kier molecular flexibility index (Phi) is 6.95. The summed E-state index contributed by atoms with van der Waals surface area (Å²) >= 11 is 0. The highest BCUT2D eigenvalue weighted by Crippen LogP contribution is 2.28. The number of halogens is 1. The first-order valence-corrected chi connectivity index (χ1v) is 7.83. The van der Waals surface area contributed by atoms with Gasteiger partial charge in [0.25, 0.3) is 0 Å². The van der Waals surface area contributed by atoms with Gasteiger partial charge < -0.3 is 18.9 Å². The summed E-state index contributed by atoms with van der Waals surface area (Å²) in [6, 6.07) is 8.62. The minimum Gasteiger partial charge on any atom is -0.459 e. The van der Waals surface area contributed by atoms with Gasteiger partial charge in [0.05, 0.1) is 5.56 Å². The molecule has 0 saturated carbocycles. The minimum atomic E-state index is -1.41. The quantitative estimate of drug-likeness (QED) is 0.543. The largest absolute Gasteiger partial charge is 0.459 e. The summed E-state index contributed by atoms with van der Waals surface area (Å²) < 4.78 is 35.5. The van der Waals surface area contributed by atoms with Gasteiger partial charge in [-0.3, -0.25) is 0 Å². The summed E-state index contributed by atoms with van der Waals surface area (Å²) in [5, 5.41) is 0. The third-order valence-corrected chi connectivity index (χ3v) is 3.68. The van der Waals surface area contributed by atoms with Crippen molar-refractivity contribution in [1.29, 1.82) is 0 Å². The fourth-order valence-corrected chi connectivity index (χ4v) is 2.38. The molecule has 1 saturated heterocycles. The number of carbonyl (C=O) groups is 1. The summed E-state index contributed by atoms with van der Waals surface area (Å²) in [6.45, 7) is 2.38. The van der Waals surface area contributed by atoms with Gasteiger partial charge in [-0.15, -0.1) is 0 Å². The molecule has 1 aliphatic heterocycles. The first-order chi connectivity index (χ1) is 11.2. The normalized spacial score (nSPS) is 27.1. The summed E-state index contributed by atoms with van der Waals surface area (Å²) in [5.74, 6) is -0.474. The molecule has 0 amide bonds. The molecule has 0 bridgehead atoms. The number of carbonyl (C=O) groups excluding carboxylic acids is 1. The molecule has 1 fully saturated rings. The predicted molar refractivity (Wildman–Crippen MR) is 81.9 cm³/mol. The van der Waals surface area contributed by atoms with Crippen LogP contribution in [0.2, 0.25) is 0 Å². The molecule has 1 aromatic carbocycles. The van der Waals surface area contributed by atoms with Crippen molar-refractivity contribution in [2.75, 3.05) is 20.3 Å². The Morgan fingerprint density at radius 3 is 2.70 bits per heavy atom. The topological polar surface area (TPSA) is 54.0 Å². The van der Waals surface area contributed by atoms with Crippen LogP contribution in [-0.4, -0.2) is 51.0 Å². The van der Waals surface area contributed by atoms with E-state index in [0.717, 1.165) is 12.8 Å². The van der Waals surface area contributed by atoms with Crippen molar-refractivity contribution in [3.05, 3.63) is 35.9 Å². The lowest BCUT2D eigenvalue weighted by atomic mass is 10.1. The molecular formula is C17H23FO5. The Morgan fingerprint density at radius 2 is 2.04 bits per heavy atom. The van der Waals surface area contributed by atoms with Gasteiger partial charge in [0.15, 0.2) is 12.5 Å². The van der Waals surface area contributed by atoms with Crippen LogP contribution in [0.1, 0.15) is 30.1 Å². The van der Waals surface area contributed by atoms with Crippen LogP contribution in [0.3, 0.4) is 0 Å². The fourth-order valence-electron chi connectivity index (χ4n) is 2.38. The third-order valence-electron chi connectivity index (χ3n) is 3.68. The van der Waals surface area contributed by atoms with Gasteiger partial charge in [-0.25, -0.2) is 9.18 Å². The van der Waals surface area contributed by atoms with Gasteiger partial charge in [-0.1, -0.05) is 31.5 Å². The zero-order valence-electron chi connectivity index (χ0n) is 13.4. The average molecular weight is 326 g/mol. The summed E-state index contributed by atoms with van der Waals surface area (Å²) in [4.78, 5) is 12.0. The Hall–Kier alpha value is -1.50. The molecule has 6 heteroatoms. The number of benzene rings is 1. The molecule has 5 nitrogen and oxygen atoms in total. The molecule has 1 aromatic rings. The highest BCUT2D eigenvalue weighted by atomic mass is 19.1. The lowest BCUT2D eigenvalue weighted by molar-refractivity contribution is -0.142. The van der Waals surface area contributed by atoms with Crippen LogP contribution in [0.4, 0.5) is 4.39 Å². The summed E-state index contributed by atoms with van der Waals surface area (Å²) in [5.41, 5.74) is 0.439. The maximum atomic E-state index is 14.3. The number of alkyl halides is 1. The van der Waals surface area contributed by atoms with E-state index in [4.69, 9.17) is 18.9 Å². The Morgan fingerprint density at radius 1 is 1.30 bits per heavy atom. The molecule has 2 rings (SSSR count). The minimum absolute atomic E-state index is 0.0786. The number of methoxy groups -OCH3 is 1. The number of ether oxygens (including phenoxy) is 4. The second-order valence-electron chi connectivity index (χ2n) is 5.38. The van der Waals surface area contributed by atoms with Crippen LogP contribution in [0.15, 0.2) is 30.3 Å². The number of hydrogen-bond acceptors (Lipinski definition) is 5. The van der Waals surface area contributed by atoms with E-state index >= 15 is 0 Å². The fraction of sp³-hybridized carbons (Fsp3) is 0.588. The summed E-state index contributed by atoms with van der Waals surface area (Å²) in [6.07, 6.45) is -2.10. The lowest BCUT2D eigenvalue weighted by Gasteiger charge is -2.19. The molecule has 23 heavy (non-hydrogen) atoms. The maximum Gasteiger partial charge on any atom is 0.338 e. The first kappa shape index (κ1) is 17.8. The molecule has 0 aliphatic carbocycles. The monoisotopic (exact) mass is 326 g/mol. The van der Waals surface area contributed by atoms with Crippen LogP contribution in [-0.2, 0) is 18.9 Å². The van der Waals surface area contributed by atoms with Gasteiger partial charge in [-0.05, 0) is 18.6 Å². The molecular weight excluding hydrogens is 303 g/mol. The van der Waals surface area contributed by atoms with Crippen LogP contribution >= 0.6 is 0 Å². The zero-order chi connectivity index (χ0) is 16.7. The van der Waals surface area contributed by atoms with Crippen LogP contribution < -0.4 is 0 Å². The molecule has 1 heterocycles. The zero-order valence-corrected chi connectivity index (χ0v) is 13.4. The molecule has 0 N–H and O–H groups in total. The predicted octanol–water partition coefficient (Wildman–Crippen LogP) is 2.74.